The zero-order chi connectivity index (χ0) is 14.9. The predicted molar refractivity (Wildman–Crippen MR) is 77.9 cm³/mol. The van der Waals surface area contributed by atoms with E-state index < -0.39 is 11.7 Å². The zero-order valence-corrected chi connectivity index (χ0v) is 12.0. The van der Waals surface area contributed by atoms with E-state index >= 15 is 0 Å². The fourth-order valence-electron chi connectivity index (χ4n) is 2.39. The number of nitrogens with zero attached hydrogens (tertiary/aromatic N) is 1. The minimum absolute atomic E-state index is 0.117. The van der Waals surface area contributed by atoms with Gasteiger partial charge in [0.25, 0.3) is 0 Å². The Labute approximate surface area is 121 Å². The van der Waals surface area contributed by atoms with Gasteiger partial charge >= 0.3 is 6.18 Å². The molecule has 0 heterocycles. The first kappa shape index (κ1) is 15.1. The van der Waals surface area contributed by atoms with Crippen molar-refractivity contribution in [1.82, 2.24) is 0 Å². The van der Waals surface area contributed by atoms with Crippen LogP contribution in [-0.2, 0) is 6.18 Å². The highest BCUT2D eigenvalue weighted by Crippen LogP contribution is 2.35. The second kappa shape index (κ2) is 5.60. The molecule has 1 fully saturated rings. The first-order valence-electron chi connectivity index (χ1n) is 6.51. The van der Waals surface area contributed by atoms with Crippen molar-refractivity contribution in [3.63, 3.8) is 0 Å². The Morgan fingerprint density at radius 3 is 2.50 bits per heavy atom. The van der Waals surface area contributed by atoms with Crippen LogP contribution in [-0.4, -0.2) is 18.6 Å². The molecule has 110 valence electrons. The second-order valence-electron chi connectivity index (χ2n) is 5.27. The van der Waals surface area contributed by atoms with Crippen LogP contribution in [0.1, 0.15) is 30.4 Å². The fraction of sp³-hybridized carbons (Fsp3) is 0.500. The van der Waals surface area contributed by atoms with Crippen molar-refractivity contribution in [3.05, 3.63) is 29.3 Å². The Hall–Kier alpha value is -1.30. The molecule has 0 amide bonds. The smallest absolute Gasteiger partial charge is 0.389 e. The number of hydrogen-bond donors (Lipinski definition) is 1. The van der Waals surface area contributed by atoms with Crippen LogP contribution < -0.4 is 10.6 Å². The summed E-state index contributed by atoms with van der Waals surface area (Å²) >= 11 is 4.69. The lowest BCUT2D eigenvalue weighted by Gasteiger charge is -2.31. The maximum absolute atomic E-state index is 13.1. The molecule has 2 nitrogen and oxygen atoms in total. The number of hydrogen-bond acceptors (Lipinski definition) is 2. The van der Waals surface area contributed by atoms with E-state index in [1.165, 1.54) is 12.5 Å². The number of nitrogens with two attached hydrogens (primary N) is 1. The predicted octanol–water partition coefficient (Wildman–Crippen LogP) is 3.58. The average molecular weight is 302 g/mol. The summed E-state index contributed by atoms with van der Waals surface area (Å²) in [5, 5.41) is 0. The third-order valence-electron chi connectivity index (χ3n) is 3.77. The van der Waals surface area contributed by atoms with Crippen molar-refractivity contribution in [3.8, 4) is 0 Å². The zero-order valence-electron chi connectivity index (χ0n) is 11.2. The number of halogens is 3. The Morgan fingerprint density at radius 2 is 2.05 bits per heavy atom. The SMILES string of the molecule is CN(CC1CCC1)c1ccc(C(N)=S)c(C(F)(F)F)c1. The normalized spacial score (nSPS) is 15.8. The molecule has 0 atom stereocenters. The summed E-state index contributed by atoms with van der Waals surface area (Å²) in [6.45, 7) is 0.781. The van der Waals surface area contributed by atoms with Crippen LogP contribution in [0.2, 0.25) is 0 Å². The lowest BCUT2D eigenvalue weighted by atomic mass is 9.85. The number of thiocarbonyl (C=S) groups is 1. The van der Waals surface area contributed by atoms with E-state index in [2.05, 4.69) is 12.2 Å². The second-order valence-corrected chi connectivity index (χ2v) is 5.71. The first-order chi connectivity index (χ1) is 9.29. The summed E-state index contributed by atoms with van der Waals surface area (Å²) in [5.74, 6) is 0.588. The number of rotatable bonds is 4. The molecule has 0 aromatic heterocycles. The minimum Gasteiger partial charge on any atom is -0.389 e. The van der Waals surface area contributed by atoms with Gasteiger partial charge in [-0.2, -0.15) is 13.2 Å². The first-order valence-corrected chi connectivity index (χ1v) is 6.92. The Balaban J connectivity index is 2.28. The van der Waals surface area contributed by atoms with Crippen LogP contribution >= 0.6 is 12.2 Å². The van der Waals surface area contributed by atoms with Gasteiger partial charge in [0, 0.05) is 24.8 Å². The van der Waals surface area contributed by atoms with Crippen LogP contribution in [0.15, 0.2) is 18.2 Å². The molecule has 1 aliphatic carbocycles. The molecule has 2 rings (SSSR count). The molecule has 0 aliphatic heterocycles. The van der Waals surface area contributed by atoms with Crippen LogP contribution in [0.25, 0.3) is 0 Å². The van der Waals surface area contributed by atoms with Crippen LogP contribution in [0.3, 0.4) is 0 Å². The number of alkyl halides is 3. The van der Waals surface area contributed by atoms with Gasteiger partial charge in [0.2, 0.25) is 0 Å². The summed E-state index contributed by atoms with van der Waals surface area (Å²) in [6.07, 6.45) is -0.929. The van der Waals surface area contributed by atoms with Crippen molar-refractivity contribution in [1.29, 1.82) is 0 Å². The summed E-state index contributed by atoms with van der Waals surface area (Å²) < 4.78 is 39.2. The summed E-state index contributed by atoms with van der Waals surface area (Å²) in [6, 6.07) is 4.13. The van der Waals surface area contributed by atoms with Gasteiger partial charge < -0.3 is 10.6 Å². The summed E-state index contributed by atoms with van der Waals surface area (Å²) in [7, 11) is 1.81. The maximum Gasteiger partial charge on any atom is 0.417 e. The fourth-order valence-corrected chi connectivity index (χ4v) is 2.57. The quantitative estimate of drug-likeness (QED) is 0.862. The molecule has 20 heavy (non-hydrogen) atoms. The van der Waals surface area contributed by atoms with E-state index in [0.717, 1.165) is 25.5 Å². The molecule has 2 N–H and O–H groups in total. The van der Waals surface area contributed by atoms with Gasteiger partial charge in [-0.25, -0.2) is 0 Å². The summed E-state index contributed by atoms with van der Waals surface area (Å²) in [5.41, 5.74) is 5.03. The number of benzene rings is 1. The van der Waals surface area contributed by atoms with Crippen molar-refractivity contribution >= 4 is 22.9 Å². The molecule has 6 heteroatoms. The van der Waals surface area contributed by atoms with E-state index in [9.17, 15) is 13.2 Å². The highest BCUT2D eigenvalue weighted by molar-refractivity contribution is 7.80. The largest absolute Gasteiger partial charge is 0.417 e. The molecular formula is C14H17F3N2S. The molecule has 1 aromatic rings. The van der Waals surface area contributed by atoms with Gasteiger partial charge in [0.15, 0.2) is 0 Å². The standard InChI is InChI=1S/C14H17F3N2S/c1-19(8-9-3-2-4-9)10-5-6-11(13(18)20)12(7-10)14(15,16)17/h5-7,9H,2-4,8H2,1H3,(H2,18,20). The van der Waals surface area contributed by atoms with E-state index in [1.807, 2.05) is 11.9 Å². The molecule has 1 aromatic carbocycles. The van der Waals surface area contributed by atoms with Gasteiger partial charge in [0.1, 0.15) is 4.99 Å². The molecule has 0 bridgehead atoms. The van der Waals surface area contributed by atoms with Gasteiger partial charge in [-0.1, -0.05) is 18.6 Å². The lowest BCUT2D eigenvalue weighted by molar-refractivity contribution is -0.137. The molecule has 1 saturated carbocycles. The topological polar surface area (TPSA) is 29.3 Å². The highest BCUT2D eigenvalue weighted by atomic mass is 32.1. The van der Waals surface area contributed by atoms with Gasteiger partial charge in [0.05, 0.1) is 5.56 Å². The van der Waals surface area contributed by atoms with Crippen molar-refractivity contribution < 1.29 is 13.2 Å². The van der Waals surface area contributed by atoms with Crippen molar-refractivity contribution in [2.45, 2.75) is 25.4 Å². The average Bonchev–Trinajstić information content (AvgIpc) is 2.31. The van der Waals surface area contributed by atoms with Gasteiger partial charge in [-0.3, -0.25) is 0 Å². The third kappa shape index (κ3) is 3.23. The molecular weight excluding hydrogens is 285 g/mol. The van der Waals surface area contributed by atoms with Crippen molar-refractivity contribution in [2.24, 2.45) is 11.7 Å². The molecule has 0 spiro atoms. The summed E-state index contributed by atoms with van der Waals surface area (Å²) in [4.78, 5) is 1.63. The Kier molecular flexibility index (Phi) is 4.22. The minimum atomic E-state index is -4.45. The highest BCUT2D eigenvalue weighted by Gasteiger charge is 2.34. The van der Waals surface area contributed by atoms with E-state index in [4.69, 9.17) is 5.73 Å². The lowest BCUT2D eigenvalue weighted by Crippen LogP contribution is -2.29. The van der Waals surface area contributed by atoms with Gasteiger partial charge in [-0.05, 0) is 37.0 Å². The molecule has 0 radical (unpaired) electrons. The van der Waals surface area contributed by atoms with Crippen LogP contribution in [0, 0.1) is 5.92 Å². The van der Waals surface area contributed by atoms with Gasteiger partial charge in [-0.15, -0.1) is 0 Å². The Morgan fingerprint density at radius 1 is 1.40 bits per heavy atom. The van der Waals surface area contributed by atoms with Crippen molar-refractivity contribution in [2.75, 3.05) is 18.5 Å². The maximum atomic E-state index is 13.1. The van der Waals surface area contributed by atoms with Crippen LogP contribution in [0.5, 0.6) is 0 Å². The molecule has 0 saturated heterocycles. The van der Waals surface area contributed by atoms with Crippen LogP contribution in [0.4, 0.5) is 18.9 Å². The van der Waals surface area contributed by atoms with E-state index in [1.54, 1.807) is 6.07 Å². The Bertz CT molecular complexity index is 510. The van der Waals surface area contributed by atoms with E-state index in [0.29, 0.717) is 11.6 Å². The van der Waals surface area contributed by atoms with E-state index in [-0.39, 0.29) is 10.6 Å². The monoisotopic (exact) mass is 302 g/mol. The molecule has 0 unspecified atom stereocenters. The third-order valence-corrected chi connectivity index (χ3v) is 3.99. The molecule has 1 aliphatic rings. The number of anilines is 1.